The predicted molar refractivity (Wildman–Crippen MR) is 131 cm³/mol. The molecule has 8 nitrogen and oxygen atoms in total. The standard InChI is InChI=1S/C24H29N3O3.C2HF3O2/c1-18(28)26-22-11-9-21(10-12-22)24(30)27-16-13-20(14-17-27)23(29)25-15-5-8-19-6-3-2-4-7-19;3-2(4,5)1(6)7/h2-4,6-7,9-12,20H,5,8,13-17H2,1H3,(H,25,29)(H,26,28);(H,6,7). The molecule has 3 rings (SSSR count). The second-order valence-corrected chi connectivity index (χ2v) is 8.51. The summed E-state index contributed by atoms with van der Waals surface area (Å²) >= 11 is 0. The van der Waals surface area contributed by atoms with Crippen molar-refractivity contribution < 1.29 is 37.5 Å². The Morgan fingerprint density at radius 3 is 2.05 bits per heavy atom. The molecule has 11 heteroatoms. The number of anilines is 1. The van der Waals surface area contributed by atoms with Crippen LogP contribution in [0.2, 0.25) is 0 Å². The van der Waals surface area contributed by atoms with Gasteiger partial charge in [0.05, 0.1) is 0 Å². The van der Waals surface area contributed by atoms with Crippen LogP contribution in [0.1, 0.15) is 42.1 Å². The number of carboxylic acids is 1. The molecule has 0 aliphatic carbocycles. The number of carbonyl (C=O) groups is 4. The van der Waals surface area contributed by atoms with Crippen LogP contribution in [0.4, 0.5) is 18.9 Å². The minimum Gasteiger partial charge on any atom is -0.475 e. The average Bonchev–Trinajstić information content (AvgIpc) is 2.87. The van der Waals surface area contributed by atoms with E-state index in [1.54, 1.807) is 29.2 Å². The van der Waals surface area contributed by atoms with Crippen molar-refractivity contribution in [3.63, 3.8) is 0 Å². The zero-order chi connectivity index (χ0) is 27.4. The minimum atomic E-state index is -5.08. The van der Waals surface area contributed by atoms with Gasteiger partial charge in [-0.05, 0) is 55.5 Å². The number of nitrogens with zero attached hydrogens (tertiary/aromatic N) is 1. The molecule has 2 aromatic rings. The number of carboxylic acid groups (broad SMARTS) is 1. The van der Waals surface area contributed by atoms with Crippen molar-refractivity contribution >= 4 is 29.4 Å². The van der Waals surface area contributed by atoms with Crippen LogP contribution < -0.4 is 10.6 Å². The fraction of sp³-hybridized carbons (Fsp3) is 0.385. The number of alkyl halides is 3. The van der Waals surface area contributed by atoms with E-state index >= 15 is 0 Å². The van der Waals surface area contributed by atoms with Gasteiger partial charge < -0.3 is 20.6 Å². The van der Waals surface area contributed by atoms with E-state index in [9.17, 15) is 27.6 Å². The van der Waals surface area contributed by atoms with Crippen LogP contribution >= 0.6 is 0 Å². The molecular weight excluding hydrogens is 491 g/mol. The first-order valence-electron chi connectivity index (χ1n) is 11.8. The van der Waals surface area contributed by atoms with Gasteiger partial charge in [0.1, 0.15) is 0 Å². The Labute approximate surface area is 212 Å². The number of aryl methyl sites for hydroxylation is 1. The number of aliphatic carboxylic acids is 1. The molecule has 0 spiro atoms. The molecule has 0 radical (unpaired) electrons. The van der Waals surface area contributed by atoms with Gasteiger partial charge in [-0.1, -0.05) is 30.3 Å². The summed E-state index contributed by atoms with van der Waals surface area (Å²) in [5.41, 5.74) is 2.54. The summed E-state index contributed by atoms with van der Waals surface area (Å²) in [5.74, 6) is -2.88. The van der Waals surface area contributed by atoms with E-state index in [-0.39, 0.29) is 23.6 Å². The summed E-state index contributed by atoms with van der Waals surface area (Å²) in [4.78, 5) is 46.9. The Morgan fingerprint density at radius 1 is 0.973 bits per heavy atom. The lowest BCUT2D eigenvalue weighted by molar-refractivity contribution is -0.192. The number of hydrogen-bond donors (Lipinski definition) is 3. The van der Waals surface area contributed by atoms with Gasteiger partial charge in [0.15, 0.2) is 0 Å². The van der Waals surface area contributed by atoms with E-state index in [1.165, 1.54) is 12.5 Å². The smallest absolute Gasteiger partial charge is 0.475 e. The third-order valence-electron chi connectivity index (χ3n) is 5.63. The number of amides is 3. The van der Waals surface area contributed by atoms with Gasteiger partial charge in [-0.15, -0.1) is 0 Å². The zero-order valence-electron chi connectivity index (χ0n) is 20.4. The fourth-order valence-electron chi connectivity index (χ4n) is 3.72. The second kappa shape index (κ2) is 14.0. The molecule has 1 saturated heterocycles. The number of carbonyl (C=O) groups excluding carboxylic acids is 3. The van der Waals surface area contributed by atoms with Gasteiger partial charge in [-0.3, -0.25) is 14.4 Å². The van der Waals surface area contributed by atoms with Gasteiger partial charge in [0.2, 0.25) is 11.8 Å². The predicted octanol–water partition coefficient (Wildman–Crippen LogP) is 3.88. The Balaban J connectivity index is 0.000000604. The lowest BCUT2D eigenvalue weighted by Crippen LogP contribution is -2.43. The molecule has 0 atom stereocenters. The average molecular weight is 522 g/mol. The Hall–Kier alpha value is -3.89. The van der Waals surface area contributed by atoms with Crippen LogP contribution in [-0.4, -0.2) is 59.5 Å². The number of hydrogen-bond acceptors (Lipinski definition) is 4. The van der Waals surface area contributed by atoms with Crippen molar-refractivity contribution in [3.8, 4) is 0 Å². The van der Waals surface area contributed by atoms with Crippen LogP contribution in [0.5, 0.6) is 0 Å². The number of likely N-dealkylation sites (tertiary alicyclic amines) is 1. The van der Waals surface area contributed by atoms with Crippen LogP contribution in [-0.2, 0) is 20.8 Å². The normalized spacial score (nSPS) is 13.7. The van der Waals surface area contributed by atoms with Gasteiger partial charge in [0.25, 0.3) is 5.91 Å². The maximum atomic E-state index is 12.7. The van der Waals surface area contributed by atoms with Gasteiger partial charge >= 0.3 is 12.1 Å². The number of benzene rings is 2. The Morgan fingerprint density at radius 2 is 1.54 bits per heavy atom. The summed E-state index contributed by atoms with van der Waals surface area (Å²) < 4.78 is 31.7. The van der Waals surface area contributed by atoms with Crippen molar-refractivity contribution in [2.45, 2.75) is 38.8 Å². The summed E-state index contributed by atoms with van der Waals surface area (Å²) in [7, 11) is 0. The first-order valence-corrected chi connectivity index (χ1v) is 11.8. The van der Waals surface area contributed by atoms with E-state index in [0.29, 0.717) is 43.7 Å². The van der Waals surface area contributed by atoms with Gasteiger partial charge in [0, 0.05) is 43.7 Å². The van der Waals surface area contributed by atoms with E-state index < -0.39 is 12.1 Å². The highest BCUT2D eigenvalue weighted by molar-refractivity contribution is 5.95. The van der Waals surface area contributed by atoms with Crippen molar-refractivity contribution in [1.82, 2.24) is 10.2 Å². The fourth-order valence-corrected chi connectivity index (χ4v) is 3.72. The highest BCUT2D eigenvalue weighted by Gasteiger charge is 2.38. The summed E-state index contributed by atoms with van der Waals surface area (Å²) in [6, 6.07) is 17.2. The van der Waals surface area contributed by atoms with E-state index in [4.69, 9.17) is 9.90 Å². The van der Waals surface area contributed by atoms with Crippen molar-refractivity contribution in [1.29, 1.82) is 0 Å². The Kier molecular flexibility index (Phi) is 11.1. The maximum absolute atomic E-state index is 12.7. The molecule has 0 aromatic heterocycles. The van der Waals surface area contributed by atoms with Crippen LogP contribution in [0, 0.1) is 5.92 Å². The molecule has 37 heavy (non-hydrogen) atoms. The van der Waals surface area contributed by atoms with Crippen LogP contribution in [0.3, 0.4) is 0 Å². The van der Waals surface area contributed by atoms with Gasteiger partial charge in [-0.2, -0.15) is 13.2 Å². The van der Waals surface area contributed by atoms with Crippen molar-refractivity contribution in [2.24, 2.45) is 5.92 Å². The second-order valence-electron chi connectivity index (χ2n) is 8.51. The molecule has 200 valence electrons. The Bertz CT molecular complexity index is 1050. The zero-order valence-corrected chi connectivity index (χ0v) is 20.4. The maximum Gasteiger partial charge on any atom is 0.490 e. The first-order chi connectivity index (χ1) is 17.5. The van der Waals surface area contributed by atoms with Crippen molar-refractivity contribution in [2.75, 3.05) is 25.0 Å². The minimum absolute atomic E-state index is 0.0343. The lowest BCUT2D eigenvalue weighted by Gasteiger charge is -2.31. The highest BCUT2D eigenvalue weighted by atomic mass is 19.4. The molecule has 3 amide bonds. The molecule has 0 saturated carbocycles. The molecule has 1 aliphatic heterocycles. The van der Waals surface area contributed by atoms with E-state index in [2.05, 4.69) is 22.8 Å². The van der Waals surface area contributed by atoms with Crippen LogP contribution in [0.25, 0.3) is 0 Å². The molecule has 2 aromatic carbocycles. The molecule has 1 fully saturated rings. The largest absolute Gasteiger partial charge is 0.490 e. The molecular formula is C26H30F3N3O5. The molecule has 0 bridgehead atoms. The first kappa shape index (κ1) is 29.3. The summed E-state index contributed by atoms with van der Waals surface area (Å²) in [6.45, 7) is 3.28. The lowest BCUT2D eigenvalue weighted by atomic mass is 9.95. The third-order valence-corrected chi connectivity index (χ3v) is 5.63. The third kappa shape index (κ3) is 10.3. The summed E-state index contributed by atoms with van der Waals surface area (Å²) in [6.07, 6.45) is -1.85. The van der Waals surface area contributed by atoms with E-state index in [0.717, 1.165) is 12.8 Å². The quantitative estimate of drug-likeness (QED) is 0.479. The van der Waals surface area contributed by atoms with Gasteiger partial charge in [-0.25, -0.2) is 4.79 Å². The van der Waals surface area contributed by atoms with E-state index in [1.807, 2.05) is 18.2 Å². The van der Waals surface area contributed by atoms with Crippen molar-refractivity contribution in [3.05, 3.63) is 65.7 Å². The molecule has 0 unspecified atom stereocenters. The number of nitrogens with one attached hydrogen (secondary N) is 2. The molecule has 1 aliphatic rings. The number of piperidine rings is 1. The van der Waals surface area contributed by atoms with Crippen LogP contribution in [0.15, 0.2) is 54.6 Å². The topological polar surface area (TPSA) is 116 Å². The molecule has 3 N–H and O–H groups in total. The molecule has 1 heterocycles. The highest BCUT2D eigenvalue weighted by Crippen LogP contribution is 2.20. The number of halogens is 3. The number of rotatable bonds is 7. The monoisotopic (exact) mass is 521 g/mol. The summed E-state index contributed by atoms with van der Waals surface area (Å²) in [5, 5.41) is 12.9. The SMILES string of the molecule is CC(=O)Nc1ccc(C(=O)N2CCC(C(=O)NCCCc3ccccc3)CC2)cc1.O=C(O)C(F)(F)F.